The molecule has 112 valence electrons. The van der Waals surface area contributed by atoms with Gasteiger partial charge in [0.05, 0.1) is 19.8 Å². The molecule has 2 heterocycles. The van der Waals surface area contributed by atoms with Crippen molar-refractivity contribution in [2.24, 2.45) is 0 Å². The minimum absolute atomic E-state index is 0. The predicted molar refractivity (Wildman–Crippen MR) is 73.8 cm³/mol. The molecule has 7 nitrogen and oxygen atoms in total. The number of ether oxygens (including phenoxy) is 2. The van der Waals surface area contributed by atoms with E-state index in [2.05, 4.69) is 15.3 Å². The summed E-state index contributed by atoms with van der Waals surface area (Å²) >= 11 is 11.6. The third-order valence-electron chi connectivity index (χ3n) is 2.48. The Morgan fingerprint density at radius 2 is 2.29 bits per heavy atom. The van der Waals surface area contributed by atoms with E-state index in [4.69, 9.17) is 37.8 Å². The van der Waals surface area contributed by atoms with Gasteiger partial charge < -0.3 is 21.3 Å². The molecule has 1 aromatic heterocycles. The molecule has 0 radical (unpaired) electrons. The first-order valence-corrected chi connectivity index (χ1v) is 6.65. The van der Waals surface area contributed by atoms with Crippen molar-refractivity contribution in [1.29, 1.82) is 0 Å². The fourth-order valence-corrected chi connectivity index (χ4v) is 1.86. The maximum absolute atomic E-state index is 11.0. The van der Waals surface area contributed by atoms with E-state index in [1.807, 2.05) is 6.92 Å². The summed E-state index contributed by atoms with van der Waals surface area (Å²) < 4.78 is 10.4. The number of hydrogen-bond donors (Lipinski definition) is 2. The number of aromatic carboxylic acids is 1. The van der Waals surface area contributed by atoms with Crippen LogP contribution in [0, 0.1) is 0 Å². The first-order chi connectivity index (χ1) is 9.47. The molecule has 2 N–H and O–H groups in total. The molecule has 21 heavy (non-hydrogen) atoms. The number of aromatic nitrogens is 2. The molecule has 0 bridgehead atoms. The van der Waals surface area contributed by atoms with Crippen molar-refractivity contribution in [2.75, 3.05) is 25.1 Å². The second-order valence-corrected chi connectivity index (χ2v) is 5.06. The Kier molecular flexibility index (Phi) is 7.20. The normalized spacial score (nSPS) is 17.8. The summed E-state index contributed by atoms with van der Waals surface area (Å²) in [5.41, 5.74) is -0.339. The third kappa shape index (κ3) is 5.62. The largest absolute Gasteiger partial charge is 1.00 e. The van der Waals surface area contributed by atoms with E-state index in [0.717, 1.165) is 6.61 Å². The van der Waals surface area contributed by atoms with Crippen LogP contribution >= 0.6 is 23.2 Å². The Morgan fingerprint density at radius 1 is 1.62 bits per heavy atom. The summed E-state index contributed by atoms with van der Waals surface area (Å²) in [5.74, 6) is -1.10. The first-order valence-electron chi connectivity index (χ1n) is 5.89. The average Bonchev–Trinajstić information content (AvgIpc) is 3.17. The molecular formula is C11H14Cl2LiN3O4. The zero-order valence-electron chi connectivity index (χ0n) is 12.6. The number of halogens is 2. The van der Waals surface area contributed by atoms with Gasteiger partial charge in [0.15, 0.2) is 11.5 Å². The van der Waals surface area contributed by atoms with E-state index in [9.17, 15) is 4.79 Å². The van der Waals surface area contributed by atoms with E-state index in [1.54, 1.807) is 0 Å². The van der Waals surface area contributed by atoms with Crippen LogP contribution in [-0.4, -0.2) is 53.0 Å². The van der Waals surface area contributed by atoms with Crippen LogP contribution in [0.15, 0.2) is 0 Å². The Morgan fingerprint density at radius 3 is 2.86 bits per heavy atom. The standard InChI is InChI=1S/C11H13Cl2N3O4.Li.H/c1-5(2-19-3-6-4-20-6)14-9-7(12)8(10(17)18)15-11(13)16-9;;/h5-6H,2-4H2,1H3,(H,17,18)(H,14,15,16);;/q;+1;-1/t5-,6?;;/m1../s1. The monoisotopic (exact) mass is 329 g/mol. The topological polar surface area (TPSA) is 96.9 Å². The van der Waals surface area contributed by atoms with Gasteiger partial charge in [-0.25, -0.2) is 9.78 Å². The zero-order chi connectivity index (χ0) is 14.7. The minimum Gasteiger partial charge on any atom is -1.00 e. The number of carbonyl (C=O) groups is 1. The summed E-state index contributed by atoms with van der Waals surface area (Å²) in [4.78, 5) is 18.4. The molecule has 1 fully saturated rings. The summed E-state index contributed by atoms with van der Waals surface area (Å²) in [6, 6.07) is -0.126. The molecular weight excluding hydrogens is 316 g/mol. The van der Waals surface area contributed by atoms with Crippen LogP contribution < -0.4 is 24.2 Å². The number of anilines is 1. The third-order valence-corrected chi connectivity index (χ3v) is 3.01. The summed E-state index contributed by atoms with van der Waals surface area (Å²) in [6.07, 6.45) is 0.192. The first kappa shape index (κ1) is 18.5. The van der Waals surface area contributed by atoms with Crippen LogP contribution in [0.5, 0.6) is 0 Å². The number of carboxylic acids is 1. The molecule has 2 rings (SSSR count). The van der Waals surface area contributed by atoms with Crippen LogP contribution in [0.3, 0.4) is 0 Å². The van der Waals surface area contributed by atoms with Gasteiger partial charge in [0.2, 0.25) is 5.28 Å². The molecule has 0 amide bonds. The van der Waals surface area contributed by atoms with Crippen LogP contribution in [0.25, 0.3) is 0 Å². The number of hydrogen-bond acceptors (Lipinski definition) is 6. The van der Waals surface area contributed by atoms with E-state index in [-0.39, 0.29) is 54.3 Å². The van der Waals surface area contributed by atoms with Gasteiger partial charge in [-0.2, -0.15) is 4.98 Å². The van der Waals surface area contributed by atoms with Gasteiger partial charge in [-0.15, -0.1) is 0 Å². The molecule has 2 atom stereocenters. The quantitative estimate of drug-likeness (QED) is 0.369. The number of rotatable bonds is 7. The molecule has 0 aliphatic carbocycles. The summed E-state index contributed by atoms with van der Waals surface area (Å²) in [6.45, 7) is 3.52. The minimum atomic E-state index is -1.27. The van der Waals surface area contributed by atoms with Gasteiger partial charge in [-0.3, -0.25) is 0 Å². The Bertz CT molecular complexity index is 522. The van der Waals surface area contributed by atoms with Crippen molar-refractivity contribution >= 4 is 35.0 Å². The van der Waals surface area contributed by atoms with Crippen LogP contribution in [0.1, 0.15) is 18.8 Å². The van der Waals surface area contributed by atoms with E-state index < -0.39 is 5.97 Å². The summed E-state index contributed by atoms with van der Waals surface area (Å²) in [5, 5.41) is 11.6. The Hall–Kier alpha value is -0.553. The Balaban J connectivity index is 0.00000220. The smallest absolute Gasteiger partial charge is 1.00 e. The number of epoxide rings is 1. The fraction of sp³-hybridized carbons (Fsp3) is 0.545. The maximum Gasteiger partial charge on any atom is 1.00 e. The molecule has 1 unspecified atom stereocenters. The molecule has 1 aliphatic heterocycles. The molecule has 1 aliphatic rings. The van der Waals surface area contributed by atoms with Gasteiger partial charge in [0, 0.05) is 6.04 Å². The van der Waals surface area contributed by atoms with Gasteiger partial charge in [-0.05, 0) is 18.5 Å². The molecule has 10 heteroatoms. The SMILES string of the molecule is C[C@H](COCC1CO1)Nc1nc(Cl)nc(C(=O)O)c1Cl.[H-].[Li+]. The zero-order valence-corrected chi connectivity index (χ0v) is 13.1. The van der Waals surface area contributed by atoms with Crippen molar-refractivity contribution in [1.82, 2.24) is 9.97 Å². The second kappa shape index (κ2) is 8.18. The van der Waals surface area contributed by atoms with E-state index >= 15 is 0 Å². The number of nitrogens with zero attached hydrogens (tertiary/aromatic N) is 2. The van der Waals surface area contributed by atoms with E-state index in [1.165, 1.54) is 0 Å². The van der Waals surface area contributed by atoms with Crippen LogP contribution in [0.2, 0.25) is 10.3 Å². The van der Waals surface area contributed by atoms with Gasteiger partial charge >= 0.3 is 24.8 Å². The molecule has 1 saturated heterocycles. The van der Waals surface area contributed by atoms with Crippen LogP contribution in [0.4, 0.5) is 5.82 Å². The molecule has 0 saturated carbocycles. The number of carboxylic acid groups (broad SMARTS) is 1. The number of nitrogens with one attached hydrogen (secondary N) is 1. The second-order valence-electron chi connectivity index (χ2n) is 4.35. The van der Waals surface area contributed by atoms with Crippen molar-refractivity contribution in [3.8, 4) is 0 Å². The van der Waals surface area contributed by atoms with Gasteiger partial charge in [-0.1, -0.05) is 11.6 Å². The average molecular weight is 330 g/mol. The van der Waals surface area contributed by atoms with Crippen molar-refractivity contribution in [3.63, 3.8) is 0 Å². The van der Waals surface area contributed by atoms with Gasteiger partial charge in [0.1, 0.15) is 11.1 Å². The summed E-state index contributed by atoms with van der Waals surface area (Å²) in [7, 11) is 0. The maximum atomic E-state index is 11.0. The predicted octanol–water partition coefficient (Wildman–Crippen LogP) is -1.19. The Labute approximate surface area is 145 Å². The van der Waals surface area contributed by atoms with Crippen molar-refractivity contribution < 1.29 is 39.7 Å². The van der Waals surface area contributed by atoms with Crippen molar-refractivity contribution in [3.05, 3.63) is 16.0 Å². The van der Waals surface area contributed by atoms with Crippen molar-refractivity contribution in [2.45, 2.75) is 19.1 Å². The molecule has 1 aromatic rings. The fourth-order valence-electron chi connectivity index (χ4n) is 1.47. The van der Waals surface area contributed by atoms with E-state index in [0.29, 0.717) is 13.2 Å². The van der Waals surface area contributed by atoms with Crippen LogP contribution in [-0.2, 0) is 9.47 Å². The van der Waals surface area contributed by atoms with Gasteiger partial charge in [0.25, 0.3) is 0 Å². The molecule has 0 aromatic carbocycles. The molecule has 0 spiro atoms.